The summed E-state index contributed by atoms with van der Waals surface area (Å²) in [4.78, 5) is 61.5. The van der Waals surface area contributed by atoms with Crippen LogP contribution in [0.15, 0.2) is 46.9 Å². The van der Waals surface area contributed by atoms with Crippen molar-refractivity contribution in [3.63, 3.8) is 0 Å². The normalized spacial score (nSPS) is 11.1. The van der Waals surface area contributed by atoms with Gasteiger partial charge in [-0.05, 0) is 41.8 Å². The van der Waals surface area contributed by atoms with Gasteiger partial charge in [-0.3, -0.25) is 14.4 Å². The standard InChI is InChI=1S/C26H22N8O6/c1-12-7-14(3-5-16(12)25(38)39)10-29-24(37)19-9-18(31-26-32-22(21(27)35)33-34(19)26)23(36)28-11-15-4-6-20-17(8-15)30-13(2)40-20/h3-9H,10-11H2,1-2H3,(H2,27,35)(H,28,36)(H,29,37)(H,38,39). The number of carbonyl (C=O) groups excluding carboxylic acids is 3. The van der Waals surface area contributed by atoms with Gasteiger partial charge >= 0.3 is 5.97 Å². The predicted octanol–water partition coefficient (Wildman–Crippen LogP) is 1.54. The van der Waals surface area contributed by atoms with Crippen molar-refractivity contribution in [3.8, 4) is 0 Å². The molecule has 0 fully saturated rings. The van der Waals surface area contributed by atoms with E-state index in [1.807, 2.05) is 0 Å². The van der Waals surface area contributed by atoms with E-state index >= 15 is 0 Å². The van der Waals surface area contributed by atoms with E-state index in [-0.39, 0.29) is 41.6 Å². The molecule has 3 heterocycles. The molecule has 0 saturated carbocycles. The molecule has 0 aliphatic carbocycles. The fourth-order valence-electron chi connectivity index (χ4n) is 4.07. The van der Waals surface area contributed by atoms with Crippen molar-refractivity contribution >= 4 is 40.6 Å². The number of nitrogens with zero attached hydrogens (tertiary/aromatic N) is 5. The molecule has 3 aromatic heterocycles. The quantitative estimate of drug-likeness (QED) is 0.222. The minimum atomic E-state index is -1.05. The Morgan fingerprint density at radius 1 is 0.925 bits per heavy atom. The van der Waals surface area contributed by atoms with E-state index in [1.165, 1.54) is 12.1 Å². The van der Waals surface area contributed by atoms with Gasteiger partial charge in [0.15, 0.2) is 11.5 Å². The largest absolute Gasteiger partial charge is 0.478 e. The Labute approximate surface area is 225 Å². The molecular weight excluding hydrogens is 520 g/mol. The lowest BCUT2D eigenvalue weighted by Crippen LogP contribution is -2.28. The summed E-state index contributed by atoms with van der Waals surface area (Å²) in [6, 6.07) is 11.2. The highest BCUT2D eigenvalue weighted by molar-refractivity contribution is 5.98. The molecule has 2 aromatic carbocycles. The van der Waals surface area contributed by atoms with Gasteiger partial charge in [0.05, 0.1) is 5.56 Å². The number of nitrogens with one attached hydrogen (secondary N) is 2. The molecule has 0 unspecified atom stereocenters. The molecular formula is C26H22N8O6. The maximum atomic E-state index is 13.2. The van der Waals surface area contributed by atoms with Gasteiger partial charge in [0.2, 0.25) is 5.82 Å². The van der Waals surface area contributed by atoms with E-state index in [1.54, 1.807) is 44.2 Å². The number of aryl methyl sites for hydroxylation is 2. The number of carboxylic acid groups (broad SMARTS) is 1. The number of rotatable bonds is 8. The van der Waals surface area contributed by atoms with Crippen LogP contribution >= 0.6 is 0 Å². The first-order chi connectivity index (χ1) is 19.1. The zero-order valence-corrected chi connectivity index (χ0v) is 21.3. The summed E-state index contributed by atoms with van der Waals surface area (Å²) in [5.74, 6) is -3.26. The molecule has 0 saturated heterocycles. The number of aromatic carboxylic acids is 1. The number of hydrogen-bond acceptors (Lipinski definition) is 9. The highest BCUT2D eigenvalue weighted by atomic mass is 16.4. The van der Waals surface area contributed by atoms with Gasteiger partial charge < -0.3 is 25.9 Å². The highest BCUT2D eigenvalue weighted by Gasteiger charge is 2.21. The summed E-state index contributed by atoms with van der Waals surface area (Å²) in [6.45, 7) is 3.57. The van der Waals surface area contributed by atoms with Crippen LogP contribution in [-0.2, 0) is 13.1 Å². The van der Waals surface area contributed by atoms with Crippen molar-refractivity contribution in [1.29, 1.82) is 0 Å². The van der Waals surface area contributed by atoms with Crippen molar-refractivity contribution in [3.05, 3.63) is 87.8 Å². The summed E-state index contributed by atoms with van der Waals surface area (Å²) in [7, 11) is 0. The molecule has 3 amide bonds. The van der Waals surface area contributed by atoms with Crippen molar-refractivity contribution < 1.29 is 28.7 Å². The van der Waals surface area contributed by atoms with Crippen LogP contribution in [0, 0.1) is 13.8 Å². The number of benzene rings is 2. The van der Waals surface area contributed by atoms with E-state index < -0.39 is 23.7 Å². The molecule has 0 aliphatic rings. The van der Waals surface area contributed by atoms with Gasteiger partial charge in [0.1, 0.15) is 16.9 Å². The van der Waals surface area contributed by atoms with Crippen LogP contribution in [0.25, 0.3) is 16.9 Å². The average Bonchev–Trinajstić information content (AvgIpc) is 3.52. The fourth-order valence-corrected chi connectivity index (χ4v) is 4.07. The van der Waals surface area contributed by atoms with Crippen molar-refractivity contribution in [2.75, 3.05) is 0 Å². The molecule has 40 heavy (non-hydrogen) atoms. The maximum absolute atomic E-state index is 13.2. The summed E-state index contributed by atoms with van der Waals surface area (Å²) in [5, 5.41) is 18.6. The predicted molar refractivity (Wildman–Crippen MR) is 139 cm³/mol. The number of aromatic nitrogens is 5. The Kier molecular flexibility index (Phi) is 6.65. The Balaban J connectivity index is 1.39. The Morgan fingerprint density at radius 2 is 1.62 bits per heavy atom. The van der Waals surface area contributed by atoms with E-state index in [9.17, 15) is 24.3 Å². The number of carboxylic acids is 1. The maximum Gasteiger partial charge on any atom is 0.335 e. The van der Waals surface area contributed by atoms with E-state index in [0.29, 0.717) is 28.1 Å². The van der Waals surface area contributed by atoms with Crippen molar-refractivity contribution in [1.82, 2.24) is 35.2 Å². The molecule has 0 radical (unpaired) electrons. The number of nitrogens with two attached hydrogens (primary N) is 1. The average molecular weight is 543 g/mol. The summed E-state index contributed by atoms with van der Waals surface area (Å²) in [5.41, 5.74) is 8.41. The first-order valence-corrected chi connectivity index (χ1v) is 11.9. The lowest BCUT2D eigenvalue weighted by atomic mass is 10.1. The van der Waals surface area contributed by atoms with Gasteiger partial charge in [0.25, 0.3) is 23.5 Å². The number of hydrogen-bond donors (Lipinski definition) is 4. The van der Waals surface area contributed by atoms with Crippen LogP contribution in [0.5, 0.6) is 0 Å². The van der Waals surface area contributed by atoms with Crippen LogP contribution in [0.2, 0.25) is 0 Å². The number of oxazole rings is 1. The first-order valence-electron chi connectivity index (χ1n) is 11.9. The van der Waals surface area contributed by atoms with Crippen LogP contribution in [-0.4, -0.2) is 53.4 Å². The highest BCUT2D eigenvalue weighted by Crippen LogP contribution is 2.17. The number of primary amides is 1. The number of carbonyl (C=O) groups is 4. The monoisotopic (exact) mass is 542 g/mol. The molecule has 0 atom stereocenters. The van der Waals surface area contributed by atoms with E-state index in [0.717, 1.165) is 10.1 Å². The van der Waals surface area contributed by atoms with Crippen LogP contribution < -0.4 is 16.4 Å². The minimum absolute atomic E-state index is 0.0479. The summed E-state index contributed by atoms with van der Waals surface area (Å²) >= 11 is 0. The minimum Gasteiger partial charge on any atom is -0.478 e. The van der Waals surface area contributed by atoms with E-state index in [4.69, 9.17) is 10.2 Å². The van der Waals surface area contributed by atoms with E-state index in [2.05, 4.69) is 30.7 Å². The van der Waals surface area contributed by atoms with Gasteiger partial charge in [-0.2, -0.15) is 9.50 Å². The summed E-state index contributed by atoms with van der Waals surface area (Å²) in [6.07, 6.45) is 0. The molecule has 14 nitrogen and oxygen atoms in total. The lowest BCUT2D eigenvalue weighted by Gasteiger charge is -2.10. The van der Waals surface area contributed by atoms with Crippen LogP contribution in [0.3, 0.4) is 0 Å². The van der Waals surface area contributed by atoms with Gasteiger partial charge in [-0.1, -0.05) is 18.2 Å². The third-order valence-corrected chi connectivity index (χ3v) is 5.98. The molecule has 5 N–H and O–H groups in total. The molecule has 0 bridgehead atoms. The topological polar surface area (TPSA) is 208 Å². The number of fused-ring (bicyclic) bond motifs is 2. The zero-order valence-electron chi connectivity index (χ0n) is 21.3. The molecule has 0 spiro atoms. The molecule has 202 valence electrons. The first kappa shape index (κ1) is 26.0. The second kappa shape index (κ2) is 10.2. The van der Waals surface area contributed by atoms with Crippen LogP contribution in [0.1, 0.15) is 64.5 Å². The Hall–Kier alpha value is -5.66. The molecule has 5 aromatic rings. The third-order valence-electron chi connectivity index (χ3n) is 5.98. The second-order valence-electron chi connectivity index (χ2n) is 8.89. The van der Waals surface area contributed by atoms with Gasteiger partial charge in [0, 0.05) is 26.1 Å². The second-order valence-corrected chi connectivity index (χ2v) is 8.89. The SMILES string of the molecule is Cc1nc2cc(CNC(=O)c3cc(C(=O)NCc4ccc(C(=O)O)c(C)c4)n4nc(C(N)=O)nc4n3)ccc2o1. The molecule has 14 heteroatoms. The molecule has 0 aliphatic heterocycles. The Bertz CT molecular complexity index is 1840. The third kappa shape index (κ3) is 5.18. The van der Waals surface area contributed by atoms with Gasteiger partial charge in [-0.15, -0.1) is 5.10 Å². The smallest absolute Gasteiger partial charge is 0.335 e. The van der Waals surface area contributed by atoms with Crippen LogP contribution in [0.4, 0.5) is 0 Å². The number of amides is 3. The van der Waals surface area contributed by atoms with Gasteiger partial charge in [-0.25, -0.2) is 14.8 Å². The lowest BCUT2D eigenvalue weighted by molar-refractivity contribution is 0.0695. The zero-order chi connectivity index (χ0) is 28.6. The van der Waals surface area contributed by atoms with Crippen molar-refractivity contribution in [2.24, 2.45) is 5.73 Å². The fraction of sp³-hybridized carbons (Fsp3) is 0.154. The Morgan fingerprint density at radius 3 is 2.33 bits per heavy atom. The van der Waals surface area contributed by atoms with Crippen molar-refractivity contribution in [2.45, 2.75) is 26.9 Å². The molecule has 5 rings (SSSR count). The summed E-state index contributed by atoms with van der Waals surface area (Å²) < 4.78 is 6.48.